The number of nitrogens with zero attached hydrogens (tertiary/aromatic N) is 5. The predicted molar refractivity (Wildman–Crippen MR) is 107 cm³/mol. The normalized spacial score (nSPS) is 18.3. The summed E-state index contributed by atoms with van der Waals surface area (Å²) in [6.45, 7) is 6.16. The van der Waals surface area contributed by atoms with Gasteiger partial charge in [-0.3, -0.25) is 4.79 Å². The van der Waals surface area contributed by atoms with Gasteiger partial charge in [0.25, 0.3) is 0 Å². The van der Waals surface area contributed by atoms with Crippen molar-refractivity contribution in [2.45, 2.75) is 0 Å². The Labute approximate surface area is 162 Å². The molecule has 0 radical (unpaired) electrons. The van der Waals surface area contributed by atoms with E-state index < -0.39 is 0 Å². The summed E-state index contributed by atoms with van der Waals surface area (Å²) >= 11 is 1.63. The molecule has 0 atom stereocenters. The molecular formula is C19H23N5O2S. The molecule has 2 aromatic rings. The van der Waals surface area contributed by atoms with E-state index in [1.165, 1.54) is 0 Å². The van der Waals surface area contributed by atoms with E-state index >= 15 is 0 Å². The third-order valence-electron chi connectivity index (χ3n) is 4.85. The van der Waals surface area contributed by atoms with Crippen molar-refractivity contribution in [3.63, 3.8) is 0 Å². The number of piperazine rings is 1. The number of rotatable bonds is 4. The standard InChI is InChI=1S/C19H23N5O2S/c25-19(4-3-17-2-1-13-27-17)24-7-5-23(6-8-24)18-14-16(15-20-21-18)22-9-11-26-12-10-22/h1-4,13-15H,5-12H2/b4-3+. The quantitative estimate of drug-likeness (QED) is 0.747. The molecule has 2 saturated heterocycles. The summed E-state index contributed by atoms with van der Waals surface area (Å²) in [5, 5.41) is 10.5. The fourth-order valence-corrected chi connectivity index (χ4v) is 3.91. The molecule has 4 heterocycles. The van der Waals surface area contributed by atoms with Gasteiger partial charge in [0.05, 0.1) is 25.1 Å². The molecule has 2 aliphatic rings. The second-order valence-corrected chi connectivity index (χ2v) is 7.51. The number of hydrogen-bond donors (Lipinski definition) is 0. The van der Waals surface area contributed by atoms with Crippen LogP contribution in [0, 0.1) is 0 Å². The minimum atomic E-state index is 0.0659. The third-order valence-corrected chi connectivity index (χ3v) is 5.69. The summed E-state index contributed by atoms with van der Waals surface area (Å²) in [6, 6.07) is 6.08. The lowest BCUT2D eigenvalue weighted by atomic mass is 10.2. The Balaban J connectivity index is 1.34. The number of thiophene rings is 1. The van der Waals surface area contributed by atoms with Gasteiger partial charge in [-0.15, -0.1) is 16.4 Å². The van der Waals surface area contributed by atoms with E-state index in [1.807, 2.05) is 34.7 Å². The molecule has 2 aromatic heterocycles. The summed E-state index contributed by atoms with van der Waals surface area (Å²) in [7, 11) is 0. The SMILES string of the molecule is O=C(/C=C/c1cccs1)N1CCN(c2cc(N3CCOCC3)cnn2)CC1. The van der Waals surface area contributed by atoms with Gasteiger partial charge in [0.1, 0.15) is 0 Å². The lowest BCUT2D eigenvalue weighted by Gasteiger charge is -2.35. The number of amides is 1. The molecule has 0 aliphatic carbocycles. The van der Waals surface area contributed by atoms with Crippen LogP contribution in [0.4, 0.5) is 11.5 Å². The number of carbonyl (C=O) groups excluding carboxylic acids is 1. The third kappa shape index (κ3) is 4.45. The van der Waals surface area contributed by atoms with E-state index in [-0.39, 0.29) is 5.91 Å². The highest BCUT2D eigenvalue weighted by molar-refractivity contribution is 7.10. The van der Waals surface area contributed by atoms with E-state index in [1.54, 1.807) is 17.4 Å². The number of ether oxygens (including phenoxy) is 1. The van der Waals surface area contributed by atoms with Gasteiger partial charge >= 0.3 is 0 Å². The molecule has 142 valence electrons. The monoisotopic (exact) mass is 385 g/mol. The van der Waals surface area contributed by atoms with Crippen LogP contribution in [0.1, 0.15) is 4.88 Å². The van der Waals surface area contributed by atoms with Crippen molar-refractivity contribution in [3.05, 3.63) is 40.7 Å². The van der Waals surface area contributed by atoms with Gasteiger partial charge < -0.3 is 19.4 Å². The summed E-state index contributed by atoms with van der Waals surface area (Å²) in [5.74, 6) is 0.941. The van der Waals surface area contributed by atoms with E-state index in [0.717, 1.165) is 55.8 Å². The van der Waals surface area contributed by atoms with Crippen LogP contribution >= 0.6 is 11.3 Å². The van der Waals surface area contributed by atoms with Crippen molar-refractivity contribution in [1.82, 2.24) is 15.1 Å². The topological polar surface area (TPSA) is 61.8 Å². The Kier molecular flexibility index (Phi) is 5.64. The van der Waals surface area contributed by atoms with Crippen LogP contribution in [0.2, 0.25) is 0 Å². The maximum Gasteiger partial charge on any atom is 0.246 e. The smallest absolute Gasteiger partial charge is 0.246 e. The maximum atomic E-state index is 12.4. The summed E-state index contributed by atoms with van der Waals surface area (Å²) in [6.07, 6.45) is 5.36. The second-order valence-electron chi connectivity index (χ2n) is 6.53. The number of aromatic nitrogens is 2. The molecule has 0 N–H and O–H groups in total. The number of anilines is 2. The van der Waals surface area contributed by atoms with Crippen LogP contribution < -0.4 is 9.80 Å². The molecule has 0 unspecified atom stereocenters. The Morgan fingerprint density at radius 1 is 1.11 bits per heavy atom. The van der Waals surface area contributed by atoms with E-state index in [2.05, 4.69) is 26.1 Å². The van der Waals surface area contributed by atoms with Crippen LogP contribution in [-0.2, 0) is 9.53 Å². The number of carbonyl (C=O) groups is 1. The number of hydrogen-bond acceptors (Lipinski definition) is 7. The van der Waals surface area contributed by atoms with Crippen LogP contribution in [-0.4, -0.2) is 73.5 Å². The lowest BCUT2D eigenvalue weighted by molar-refractivity contribution is -0.126. The molecule has 4 rings (SSSR count). The van der Waals surface area contributed by atoms with E-state index in [9.17, 15) is 4.79 Å². The minimum absolute atomic E-state index is 0.0659. The highest BCUT2D eigenvalue weighted by Gasteiger charge is 2.22. The minimum Gasteiger partial charge on any atom is -0.378 e. The van der Waals surface area contributed by atoms with Gasteiger partial charge in [0, 0.05) is 56.3 Å². The largest absolute Gasteiger partial charge is 0.378 e. The van der Waals surface area contributed by atoms with Crippen molar-refractivity contribution in [1.29, 1.82) is 0 Å². The lowest BCUT2D eigenvalue weighted by Crippen LogP contribution is -2.48. The zero-order valence-electron chi connectivity index (χ0n) is 15.2. The molecule has 1 amide bonds. The van der Waals surface area contributed by atoms with Crippen molar-refractivity contribution < 1.29 is 9.53 Å². The van der Waals surface area contributed by atoms with Gasteiger partial charge in [-0.05, 0) is 17.5 Å². The average Bonchev–Trinajstić information content (AvgIpc) is 3.27. The molecular weight excluding hydrogens is 362 g/mol. The molecule has 2 fully saturated rings. The fourth-order valence-electron chi connectivity index (χ4n) is 3.30. The first kappa shape index (κ1) is 17.9. The highest BCUT2D eigenvalue weighted by Crippen LogP contribution is 2.21. The molecule has 0 saturated carbocycles. The van der Waals surface area contributed by atoms with Gasteiger partial charge in [-0.1, -0.05) is 6.07 Å². The predicted octanol–water partition coefficient (Wildman–Crippen LogP) is 1.74. The second kappa shape index (κ2) is 8.49. The first-order valence-electron chi connectivity index (χ1n) is 9.20. The number of morpholine rings is 1. The van der Waals surface area contributed by atoms with Gasteiger partial charge in [-0.25, -0.2) is 0 Å². The highest BCUT2D eigenvalue weighted by atomic mass is 32.1. The Morgan fingerprint density at radius 3 is 2.67 bits per heavy atom. The molecule has 0 bridgehead atoms. The van der Waals surface area contributed by atoms with Crippen molar-refractivity contribution >= 4 is 34.8 Å². The fraction of sp³-hybridized carbons (Fsp3) is 0.421. The first-order chi connectivity index (χ1) is 13.3. The van der Waals surface area contributed by atoms with Gasteiger partial charge in [0.15, 0.2) is 5.82 Å². The molecule has 2 aliphatic heterocycles. The summed E-state index contributed by atoms with van der Waals surface area (Å²) in [4.78, 5) is 19.8. The van der Waals surface area contributed by atoms with Gasteiger partial charge in [0.2, 0.25) is 5.91 Å². The Morgan fingerprint density at radius 2 is 1.93 bits per heavy atom. The zero-order valence-corrected chi connectivity index (χ0v) is 16.0. The molecule has 0 spiro atoms. The van der Waals surface area contributed by atoms with E-state index in [4.69, 9.17) is 4.74 Å². The van der Waals surface area contributed by atoms with Crippen LogP contribution in [0.25, 0.3) is 6.08 Å². The van der Waals surface area contributed by atoms with Crippen molar-refractivity contribution in [3.8, 4) is 0 Å². The van der Waals surface area contributed by atoms with Gasteiger partial charge in [-0.2, -0.15) is 5.10 Å². The molecule has 8 heteroatoms. The molecule has 7 nitrogen and oxygen atoms in total. The summed E-state index contributed by atoms with van der Waals surface area (Å²) in [5.41, 5.74) is 1.08. The molecule has 0 aromatic carbocycles. The van der Waals surface area contributed by atoms with Crippen LogP contribution in [0.3, 0.4) is 0 Å². The Hall–Kier alpha value is -2.45. The maximum absolute atomic E-state index is 12.4. The van der Waals surface area contributed by atoms with E-state index in [0.29, 0.717) is 13.1 Å². The summed E-state index contributed by atoms with van der Waals surface area (Å²) < 4.78 is 5.41. The first-order valence-corrected chi connectivity index (χ1v) is 10.1. The van der Waals surface area contributed by atoms with Crippen molar-refractivity contribution in [2.24, 2.45) is 0 Å². The van der Waals surface area contributed by atoms with Crippen LogP contribution in [0.5, 0.6) is 0 Å². The zero-order chi connectivity index (χ0) is 18.5. The average molecular weight is 385 g/mol. The Bertz CT molecular complexity index is 781. The van der Waals surface area contributed by atoms with Crippen molar-refractivity contribution in [2.75, 3.05) is 62.3 Å². The molecule has 27 heavy (non-hydrogen) atoms. The van der Waals surface area contributed by atoms with Crippen LogP contribution in [0.15, 0.2) is 35.9 Å².